The van der Waals surface area contributed by atoms with E-state index in [9.17, 15) is 13.2 Å². The first-order valence-corrected chi connectivity index (χ1v) is 13.6. The average molecular weight is 474 g/mol. The van der Waals surface area contributed by atoms with Crippen LogP contribution in [0.4, 0.5) is 5.95 Å². The van der Waals surface area contributed by atoms with Gasteiger partial charge in [0, 0.05) is 38.3 Å². The molecule has 0 bridgehead atoms. The second-order valence-electron chi connectivity index (χ2n) is 9.29. The third kappa shape index (κ3) is 4.89. The highest BCUT2D eigenvalue weighted by atomic mass is 32.2. The van der Waals surface area contributed by atoms with E-state index in [0.29, 0.717) is 18.9 Å². The molecular formula is C22H31N7O3S. The van der Waals surface area contributed by atoms with Gasteiger partial charge in [0.1, 0.15) is 0 Å². The van der Waals surface area contributed by atoms with E-state index < -0.39 is 9.84 Å². The Hall–Kier alpha value is -2.53. The van der Waals surface area contributed by atoms with E-state index in [1.165, 1.54) is 0 Å². The minimum Gasteiger partial charge on any atom is -0.337 e. The van der Waals surface area contributed by atoms with Crippen LogP contribution < -0.4 is 4.90 Å². The molecule has 2 saturated heterocycles. The molecule has 1 aromatic carbocycles. The van der Waals surface area contributed by atoms with Crippen molar-refractivity contribution in [3.8, 4) is 5.69 Å². The molecule has 3 fully saturated rings. The van der Waals surface area contributed by atoms with Gasteiger partial charge in [0.25, 0.3) is 0 Å². The maximum absolute atomic E-state index is 13.4. The molecule has 0 radical (unpaired) electrons. The van der Waals surface area contributed by atoms with Gasteiger partial charge < -0.3 is 9.80 Å². The molecule has 0 spiro atoms. The fourth-order valence-electron chi connectivity index (χ4n) is 5.38. The van der Waals surface area contributed by atoms with E-state index in [2.05, 4.69) is 25.3 Å². The summed E-state index contributed by atoms with van der Waals surface area (Å²) in [5.41, 5.74) is 0.911. The minimum absolute atomic E-state index is 0.0755. The smallest absolute Gasteiger partial charge is 0.250 e. The van der Waals surface area contributed by atoms with Crippen LogP contribution in [0.5, 0.6) is 0 Å². The van der Waals surface area contributed by atoms with E-state index in [1.807, 2.05) is 35.2 Å². The number of para-hydroxylation sites is 1. The zero-order valence-electron chi connectivity index (χ0n) is 18.8. The number of rotatable bonds is 6. The van der Waals surface area contributed by atoms with Gasteiger partial charge in [-0.25, -0.2) is 8.42 Å². The summed E-state index contributed by atoms with van der Waals surface area (Å²) in [6, 6.07) is 9.83. The zero-order chi connectivity index (χ0) is 22.8. The van der Waals surface area contributed by atoms with Crippen molar-refractivity contribution in [2.24, 2.45) is 0 Å². The van der Waals surface area contributed by atoms with Gasteiger partial charge in [0.05, 0.1) is 23.7 Å². The monoisotopic (exact) mass is 473 g/mol. The molecule has 0 N–H and O–H groups in total. The number of benzene rings is 1. The summed E-state index contributed by atoms with van der Waals surface area (Å²) in [6.45, 7) is 3.25. The maximum atomic E-state index is 13.4. The van der Waals surface area contributed by atoms with E-state index in [4.69, 9.17) is 0 Å². The highest BCUT2D eigenvalue weighted by Crippen LogP contribution is 2.29. The molecule has 2 aromatic rings. The van der Waals surface area contributed by atoms with E-state index in [1.54, 1.807) is 4.68 Å². The number of amides is 1. The Morgan fingerprint density at radius 3 is 2.39 bits per heavy atom. The highest BCUT2D eigenvalue weighted by molar-refractivity contribution is 7.91. The molecule has 11 heteroatoms. The summed E-state index contributed by atoms with van der Waals surface area (Å²) in [6.07, 6.45) is 4.77. The molecular weight excluding hydrogens is 442 g/mol. The number of tetrazole rings is 1. The topological polar surface area (TPSA) is 105 Å². The van der Waals surface area contributed by atoms with Crippen molar-refractivity contribution in [3.63, 3.8) is 0 Å². The Labute approximate surface area is 194 Å². The normalized spacial score (nSPS) is 23.8. The van der Waals surface area contributed by atoms with Crippen molar-refractivity contribution in [3.05, 3.63) is 30.3 Å². The van der Waals surface area contributed by atoms with Crippen molar-refractivity contribution in [2.45, 2.75) is 44.2 Å². The third-order valence-corrected chi connectivity index (χ3v) is 8.83. The number of piperazine rings is 1. The van der Waals surface area contributed by atoms with Crippen molar-refractivity contribution < 1.29 is 13.2 Å². The molecule has 1 aliphatic carbocycles. The van der Waals surface area contributed by atoms with Gasteiger partial charge >= 0.3 is 0 Å². The number of carbonyl (C=O) groups is 1. The predicted molar refractivity (Wildman–Crippen MR) is 124 cm³/mol. The highest BCUT2D eigenvalue weighted by Gasteiger charge is 2.39. The first-order chi connectivity index (χ1) is 16.0. The molecule has 3 aliphatic rings. The van der Waals surface area contributed by atoms with E-state index in [-0.39, 0.29) is 29.5 Å². The van der Waals surface area contributed by atoms with Crippen LogP contribution in [-0.4, -0.2) is 101 Å². The summed E-state index contributed by atoms with van der Waals surface area (Å²) >= 11 is 0. The molecule has 1 atom stereocenters. The fourth-order valence-corrected chi connectivity index (χ4v) is 7.09. The molecule has 1 amide bonds. The number of hydrogen-bond donors (Lipinski definition) is 0. The van der Waals surface area contributed by atoms with Gasteiger partial charge in [0.2, 0.25) is 11.9 Å². The molecule has 2 aliphatic heterocycles. The summed E-state index contributed by atoms with van der Waals surface area (Å²) in [7, 11) is -3.03. The van der Waals surface area contributed by atoms with Gasteiger partial charge in [-0.15, -0.1) is 0 Å². The molecule has 1 aromatic heterocycles. The van der Waals surface area contributed by atoms with Gasteiger partial charge in [-0.3, -0.25) is 9.69 Å². The van der Waals surface area contributed by atoms with Crippen LogP contribution in [-0.2, 0) is 14.6 Å². The fraction of sp³-hybridized carbons (Fsp3) is 0.636. The second kappa shape index (κ2) is 9.38. The van der Waals surface area contributed by atoms with Crippen LogP contribution in [0, 0.1) is 0 Å². The Morgan fingerprint density at radius 2 is 1.73 bits per heavy atom. The number of hydrogen-bond acceptors (Lipinski definition) is 8. The lowest BCUT2D eigenvalue weighted by atomic mass is 10.1. The Bertz CT molecular complexity index is 1060. The van der Waals surface area contributed by atoms with Crippen LogP contribution in [0.25, 0.3) is 5.69 Å². The zero-order valence-corrected chi connectivity index (χ0v) is 19.6. The van der Waals surface area contributed by atoms with Crippen LogP contribution >= 0.6 is 0 Å². The standard InChI is InChI=1S/C22H31N7O3S/c30-21(28(18-6-4-5-7-18)20-10-15-33(31,32)17-20)16-26-11-13-27(14-12-26)22-23-24-25-29(22)19-8-2-1-3-9-19/h1-3,8-9,18,20H,4-7,10-17H2. The summed E-state index contributed by atoms with van der Waals surface area (Å²) in [5.74, 6) is 1.09. The number of anilines is 1. The molecule has 1 saturated carbocycles. The minimum atomic E-state index is -3.03. The van der Waals surface area contributed by atoms with Crippen molar-refractivity contribution in [1.29, 1.82) is 0 Å². The summed E-state index contributed by atoms with van der Waals surface area (Å²) < 4.78 is 25.9. The van der Waals surface area contributed by atoms with Crippen LogP contribution in [0.1, 0.15) is 32.1 Å². The first kappa shape index (κ1) is 22.3. The molecule has 5 rings (SSSR count). The van der Waals surface area contributed by atoms with E-state index >= 15 is 0 Å². The first-order valence-electron chi connectivity index (χ1n) is 11.8. The van der Waals surface area contributed by atoms with Crippen molar-refractivity contribution >= 4 is 21.7 Å². The van der Waals surface area contributed by atoms with Crippen molar-refractivity contribution in [1.82, 2.24) is 30.0 Å². The lowest BCUT2D eigenvalue weighted by Crippen LogP contribution is -2.54. The van der Waals surface area contributed by atoms with Crippen molar-refractivity contribution in [2.75, 3.05) is 49.1 Å². The van der Waals surface area contributed by atoms with Crippen LogP contribution in [0.15, 0.2) is 30.3 Å². The largest absolute Gasteiger partial charge is 0.337 e. The number of nitrogens with zero attached hydrogens (tertiary/aromatic N) is 7. The van der Waals surface area contributed by atoms with Gasteiger partial charge in [0.15, 0.2) is 9.84 Å². The summed E-state index contributed by atoms with van der Waals surface area (Å²) in [5, 5.41) is 12.2. The number of carbonyl (C=O) groups excluding carboxylic acids is 1. The maximum Gasteiger partial charge on any atom is 0.250 e. The molecule has 3 heterocycles. The van der Waals surface area contributed by atoms with Crippen LogP contribution in [0.2, 0.25) is 0 Å². The number of sulfone groups is 1. The SMILES string of the molecule is O=C(CN1CCN(c2nnnn2-c2ccccc2)CC1)N(C1CCCC1)C1CCS(=O)(=O)C1. The van der Waals surface area contributed by atoms with Gasteiger partial charge in [-0.1, -0.05) is 36.1 Å². The Balaban J connectivity index is 1.22. The third-order valence-electron chi connectivity index (χ3n) is 7.08. The Morgan fingerprint density at radius 1 is 1.00 bits per heavy atom. The van der Waals surface area contributed by atoms with E-state index in [0.717, 1.165) is 57.5 Å². The summed E-state index contributed by atoms with van der Waals surface area (Å²) in [4.78, 5) is 19.6. The lowest BCUT2D eigenvalue weighted by Gasteiger charge is -2.38. The van der Waals surface area contributed by atoms with Gasteiger partial charge in [-0.05, 0) is 41.8 Å². The molecule has 10 nitrogen and oxygen atoms in total. The lowest BCUT2D eigenvalue weighted by molar-refractivity contribution is -0.137. The average Bonchev–Trinajstić information content (AvgIpc) is 3.57. The molecule has 178 valence electrons. The quantitative estimate of drug-likeness (QED) is 0.605. The predicted octanol–water partition coefficient (Wildman–Crippen LogP) is 0.743. The molecule has 33 heavy (non-hydrogen) atoms. The van der Waals surface area contributed by atoms with Gasteiger partial charge in [-0.2, -0.15) is 4.68 Å². The Kier molecular flexibility index (Phi) is 6.33. The van der Waals surface area contributed by atoms with Crippen LogP contribution in [0.3, 0.4) is 0 Å². The molecule has 1 unspecified atom stereocenters. The second-order valence-corrected chi connectivity index (χ2v) is 11.5. The number of aromatic nitrogens is 4.